The quantitative estimate of drug-likeness (QED) is 0.883. The van der Waals surface area contributed by atoms with E-state index in [1.54, 1.807) is 13.8 Å². The zero-order valence-electron chi connectivity index (χ0n) is 10.0. The Morgan fingerprint density at radius 2 is 2.12 bits per heavy atom. The third kappa shape index (κ3) is 3.00. The number of hydrogen-bond donors (Lipinski definition) is 1. The fraction of sp³-hybridized carbons (Fsp3) is 0.417. The van der Waals surface area contributed by atoms with Crippen molar-refractivity contribution in [3.63, 3.8) is 0 Å². The van der Waals surface area contributed by atoms with Gasteiger partial charge in [-0.1, -0.05) is 6.92 Å². The average Bonchev–Trinajstić information content (AvgIpc) is 2.32. The third-order valence-electron chi connectivity index (χ3n) is 2.78. The minimum absolute atomic E-state index is 0.188. The molecule has 1 atom stereocenters. The maximum Gasteiger partial charge on any atom is 0.256 e. The average molecular weight is 243 g/mol. The molecular formula is C12H15F2NO2. The molecule has 0 aromatic heterocycles. The Hall–Kier alpha value is -1.49. The van der Waals surface area contributed by atoms with E-state index in [1.165, 1.54) is 7.11 Å². The highest BCUT2D eigenvalue weighted by Crippen LogP contribution is 2.20. The summed E-state index contributed by atoms with van der Waals surface area (Å²) < 4.78 is 31.3. The Morgan fingerprint density at radius 3 is 2.65 bits per heavy atom. The van der Waals surface area contributed by atoms with Gasteiger partial charge >= 0.3 is 0 Å². The molecule has 0 aliphatic carbocycles. The van der Waals surface area contributed by atoms with Crippen LogP contribution in [0.1, 0.15) is 20.3 Å². The van der Waals surface area contributed by atoms with Crippen LogP contribution in [-0.4, -0.2) is 18.6 Å². The van der Waals surface area contributed by atoms with E-state index >= 15 is 0 Å². The number of methoxy groups -OCH3 is 1. The van der Waals surface area contributed by atoms with Crippen molar-refractivity contribution in [2.75, 3.05) is 12.4 Å². The Kier molecular flexibility index (Phi) is 4.17. The number of halogens is 2. The largest absolute Gasteiger partial charge is 0.369 e. The Morgan fingerprint density at radius 1 is 1.47 bits per heavy atom. The van der Waals surface area contributed by atoms with Crippen LogP contribution in [0.4, 0.5) is 14.5 Å². The first-order valence-corrected chi connectivity index (χ1v) is 5.24. The highest BCUT2D eigenvalue weighted by Gasteiger charge is 2.31. The van der Waals surface area contributed by atoms with Crippen LogP contribution in [0.5, 0.6) is 0 Å². The highest BCUT2D eigenvalue weighted by atomic mass is 19.1. The molecule has 0 aliphatic heterocycles. The zero-order valence-corrected chi connectivity index (χ0v) is 10.0. The molecule has 1 aromatic rings. The number of carbonyl (C=O) groups is 1. The second-order valence-corrected chi connectivity index (χ2v) is 3.87. The summed E-state index contributed by atoms with van der Waals surface area (Å²) in [6.07, 6.45) is 0.423. The number of ether oxygens (including phenoxy) is 1. The second-order valence-electron chi connectivity index (χ2n) is 3.87. The maximum absolute atomic E-state index is 13.3. The minimum atomic E-state index is -1.06. The van der Waals surface area contributed by atoms with E-state index in [0.717, 1.165) is 18.2 Å². The predicted octanol–water partition coefficient (Wildman–Crippen LogP) is 2.72. The van der Waals surface area contributed by atoms with Gasteiger partial charge in [0.15, 0.2) is 0 Å². The summed E-state index contributed by atoms with van der Waals surface area (Å²) in [4.78, 5) is 11.8. The number of anilines is 1. The van der Waals surface area contributed by atoms with Gasteiger partial charge < -0.3 is 10.1 Å². The van der Waals surface area contributed by atoms with Gasteiger partial charge in [-0.2, -0.15) is 0 Å². The number of benzene rings is 1. The Bertz CT molecular complexity index is 417. The van der Waals surface area contributed by atoms with Gasteiger partial charge in [-0.25, -0.2) is 8.78 Å². The molecule has 0 aliphatic rings. The molecule has 0 spiro atoms. The van der Waals surface area contributed by atoms with Crippen LogP contribution in [0, 0.1) is 11.6 Å². The monoisotopic (exact) mass is 243 g/mol. The molecule has 1 rings (SSSR count). The molecule has 0 fully saturated rings. The summed E-state index contributed by atoms with van der Waals surface area (Å²) in [5, 5.41) is 2.31. The Balaban J connectivity index is 2.91. The van der Waals surface area contributed by atoms with Crippen LogP contribution in [0.15, 0.2) is 18.2 Å². The van der Waals surface area contributed by atoms with E-state index < -0.39 is 23.1 Å². The van der Waals surface area contributed by atoms with Gasteiger partial charge in [-0.15, -0.1) is 0 Å². The van der Waals surface area contributed by atoms with Crippen molar-refractivity contribution in [2.45, 2.75) is 25.9 Å². The summed E-state index contributed by atoms with van der Waals surface area (Å²) in [6.45, 7) is 3.35. The first-order valence-electron chi connectivity index (χ1n) is 5.24. The second kappa shape index (κ2) is 5.23. The lowest BCUT2D eigenvalue weighted by molar-refractivity contribution is -0.136. The van der Waals surface area contributed by atoms with Crippen molar-refractivity contribution in [1.29, 1.82) is 0 Å². The van der Waals surface area contributed by atoms with Crippen molar-refractivity contribution >= 4 is 11.6 Å². The molecule has 0 heterocycles. The van der Waals surface area contributed by atoms with Crippen LogP contribution in [0.3, 0.4) is 0 Å². The van der Waals surface area contributed by atoms with Crippen molar-refractivity contribution in [1.82, 2.24) is 0 Å². The summed E-state index contributed by atoms with van der Waals surface area (Å²) in [6, 6.07) is 2.88. The van der Waals surface area contributed by atoms with Gasteiger partial charge in [0.25, 0.3) is 5.91 Å². The molecule has 1 unspecified atom stereocenters. The lowest BCUT2D eigenvalue weighted by atomic mass is 10.0. The van der Waals surface area contributed by atoms with Crippen molar-refractivity contribution in [2.24, 2.45) is 0 Å². The lowest BCUT2D eigenvalue weighted by Gasteiger charge is -2.25. The van der Waals surface area contributed by atoms with Crippen LogP contribution in [0.25, 0.3) is 0 Å². The number of nitrogens with one attached hydrogen (secondary N) is 1. The molecule has 94 valence electrons. The molecule has 0 saturated heterocycles. The van der Waals surface area contributed by atoms with E-state index in [9.17, 15) is 13.6 Å². The van der Waals surface area contributed by atoms with Crippen LogP contribution in [0.2, 0.25) is 0 Å². The fourth-order valence-corrected chi connectivity index (χ4v) is 1.25. The molecule has 1 aromatic carbocycles. The lowest BCUT2D eigenvalue weighted by Crippen LogP contribution is -2.41. The molecule has 5 heteroatoms. The van der Waals surface area contributed by atoms with Gasteiger partial charge in [0.2, 0.25) is 0 Å². The molecule has 17 heavy (non-hydrogen) atoms. The van der Waals surface area contributed by atoms with Crippen LogP contribution in [-0.2, 0) is 9.53 Å². The van der Waals surface area contributed by atoms with E-state index in [0.29, 0.717) is 6.42 Å². The first-order chi connectivity index (χ1) is 7.92. The number of amides is 1. The summed E-state index contributed by atoms with van der Waals surface area (Å²) in [7, 11) is 1.39. The van der Waals surface area contributed by atoms with Gasteiger partial charge in [-0.3, -0.25) is 4.79 Å². The maximum atomic E-state index is 13.3. The Labute approximate surface area is 98.8 Å². The molecule has 0 saturated carbocycles. The summed E-state index contributed by atoms with van der Waals surface area (Å²) in [5.74, 6) is -1.81. The topological polar surface area (TPSA) is 38.3 Å². The number of hydrogen-bond acceptors (Lipinski definition) is 2. The van der Waals surface area contributed by atoms with Gasteiger partial charge in [0.1, 0.15) is 17.2 Å². The van der Waals surface area contributed by atoms with Gasteiger partial charge in [0, 0.05) is 13.2 Å². The minimum Gasteiger partial charge on any atom is -0.369 e. The van der Waals surface area contributed by atoms with Gasteiger partial charge in [-0.05, 0) is 25.5 Å². The zero-order chi connectivity index (χ0) is 13.1. The van der Waals surface area contributed by atoms with Crippen molar-refractivity contribution in [3.05, 3.63) is 29.8 Å². The van der Waals surface area contributed by atoms with E-state index in [1.807, 2.05) is 0 Å². The van der Waals surface area contributed by atoms with E-state index in [4.69, 9.17) is 4.74 Å². The molecule has 0 radical (unpaired) electrons. The molecule has 3 nitrogen and oxygen atoms in total. The number of rotatable bonds is 4. The molecular weight excluding hydrogens is 228 g/mol. The van der Waals surface area contributed by atoms with Gasteiger partial charge in [0.05, 0.1) is 5.69 Å². The third-order valence-corrected chi connectivity index (χ3v) is 2.78. The predicted molar refractivity (Wildman–Crippen MR) is 60.7 cm³/mol. The highest BCUT2D eigenvalue weighted by molar-refractivity contribution is 5.97. The smallest absolute Gasteiger partial charge is 0.256 e. The summed E-state index contributed by atoms with van der Waals surface area (Å²) >= 11 is 0. The van der Waals surface area contributed by atoms with Crippen molar-refractivity contribution < 1.29 is 18.3 Å². The van der Waals surface area contributed by atoms with E-state index in [-0.39, 0.29) is 5.69 Å². The van der Waals surface area contributed by atoms with Crippen molar-refractivity contribution in [3.8, 4) is 0 Å². The SMILES string of the molecule is CCC(C)(OC)C(=O)Nc1cc(F)ccc1F. The number of carbonyl (C=O) groups excluding carboxylic acids is 1. The molecule has 0 bridgehead atoms. The van der Waals surface area contributed by atoms with E-state index in [2.05, 4.69) is 5.32 Å². The summed E-state index contributed by atoms with van der Waals surface area (Å²) in [5.41, 5.74) is -1.25. The molecule has 1 N–H and O–H groups in total. The molecule has 1 amide bonds. The first kappa shape index (κ1) is 13.6. The normalized spacial score (nSPS) is 14.2. The van der Waals surface area contributed by atoms with Crippen LogP contribution >= 0.6 is 0 Å². The van der Waals surface area contributed by atoms with Crippen LogP contribution < -0.4 is 5.32 Å². The standard InChI is InChI=1S/C12H15F2NO2/c1-4-12(2,17-3)11(16)15-10-7-8(13)5-6-9(10)14/h5-7H,4H2,1-3H3,(H,15,16). The fourth-order valence-electron chi connectivity index (χ4n) is 1.25.